The zero-order valence-electron chi connectivity index (χ0n) is 10.7. The van der Waals surface area contributed by atoms with E-state index in [9.17, 15) is 5.11 Å². The van der Waals surface area contributed by atoms with E-state index in [1.165, 1.54) is 6.07 Å². The van der Waals surface area contributed by atoms with Gasteiger partial charge in [-0.05, 0) is 30.2 Å². The average molecular weight is 332 g/mol. The summed E-state index contributed by atoms with van der Waals surface area (Å²) in [6.45, 7) is 1.92. The number of aliphatic hydroxyl groups is 1. The highest BCUT2D eigenvalue weighted by molar-refractivity contribution is 6.43. The second kappa shape index (κ2) is 6.68. The van der Waals surface area contributed by atoms with Crippen molar-refractivity contribution in [2.45, 2.75) is 19.4 Å². The lowest BCUT2D eigenvalue weighted by molar-refractivity contribution is 0.173. The van der Waals surface area contributed by atoms with Crippen molar-refractivity contribution in [3.8, 4) is 11.5 Å². The Bertz CT molecular complexity index is 597. The van der Waals surface area contributed by atoms with Crippen molar-refractivity contribution in [2.75, 3.05) is 0 Å². The molecule has 1 N–H and O–H groups in total. The molecule has 2 aromatic carbocycles. The van der Waals surface area contributed by atoms with Crippen molar-refractivity contribution in [1.82, 2.24) is 0 Å². The van der Waals surface area contributed by atoms with Crippen molar-refractivity contribution in [3.05, 3.63) is 57.0 Å². The monoisotopic (exact) mass is 330 g/mol. The van der Waals surface area contributed by atoms with E-state index in [-0.39, 0.29) is 0 Å². The van der Waals surface area contributed by atoms with Gasteiger partial charge in [0.15, 0.2) is 0 Å². The summed E-state index contributed by atoms with van der Waals surface area (Å²) in [5.41, 5.74) is 0.847. The molecule has 0 fully saturated rings. The highest BCUT2D eigenvalue weighted by Crippen LogP contribution is 2.36. The van der Waals surface area contributed by atoms with Crippen LogP contribution < -0.4 is 4.74 Å². The first-order chi connectivity index (χ1) is 9.51. The maximum atomic E-state index is 9.73. The molecule has 1 atom stereocenters. The Hall–Kier alpha value is -0.930. The average Bonchev–Trinajstić information content (AvgIpc) is 2.44. The molecule has 0 saturated heterocycles. The van der Waals surface area contributed by atoms with E-state index >= 15 is 0 Å². The van der Waals surface area contributed by atoms with Crippen molar-refractivity contribution < 1.29 is 9.84 Å². The highest BCUT2D eigenvalue weighted by Gasteiger charge is 2.09. The fraction of sp³-hybridized carbons (Fsp3) is 0.200. The molecule has 106 valence electrons. The minimum atomic E-state index is -0.461. The molecule has 0 spiro atoms. The van der Waals surface area contributed by atoms with Gasteiger partial charge in [0.1, 0.15) is 11.5 Å². The Kier molecular flexibility index (Phi) is 5.17. The largest absolute Gasteiger partial charge is 0.456 e. The topological polar surface area (TPSA) is 29.5 Å². The first kappa shape index (κ1) is 15.5. The number of ether oxygens (including phenoxy) is 1. The van der Waals surface area contributed by atoms with Gasteiger partial charge in [-0.15, -0.1) is 0 Å². The van der Waals surface area contributed by atoms with E-state index in [0.29, 0.717) is 33.0 Å². The Morgan fingerprint density at radius 1 is 1.00 bits per heavy atom. The first-order valence-electron chi connectivity index (χ1n) is 6.11. The molecule has 5 heteroatoms. The van der Waals surface area contributed by atoms with Crippen molar-refractivity contribution in [3.63, 3.8) is 0 Å². The van der Waals surface area contributed by atoms with Gasteiger partial charge < -0.3 is 9.84 Å². The van der Waals surface area contributed by atoms with Crippen LogP contribution in [0.25, 0.3) is 0 Å². The van der Waals surface area contributed by atoms with Gasteiger partial charge in [-0.2, -0.15) is 0 Å². The number of rotatable bonds is 4. The van der Waals surface area contributed by atoms with Crippen LogP contribution in [0, 0.1) is 0 Å². The van der Waals surface area contributed by atoms with Crippen molar-refractivity contribution >= 4 is 34.8 Å². The lowest BCUT2D eigenvalue weighted by atomic mass is 10.1. The van der Waals surface area contributed by atoms with E-state index in [4.69, 9.17) is 39.5 Å². The lowest BCUT2D eigenvalue weighted by Gasteiger charge is -2.11. The standard InChI is InChI=1S/C15H13Cl3O2/c1-2-14(19)9-3-5-10(6-4-9)20-15-8-12(17)11(16)7-13(15)18/h3-8,14,19H,2H2,1H3/t14-/m1/s1. The molecule has 2 rings (SSSR count). The molecule has 0 radical (unpaired) electrons. The summed E-state index contributed by atoms with van der Waals surface area (Å²) < 4.78 is 5.66. The highest BCUT2D eigenvalue weighted by atomic mass is 35.5. The third-order valence-electron chi connectivity index (χ3n) is 2.85. The van der Waals surface area contributed by atoms with E-state index in [1.807, 2.05) is 19.1 Å². The van der Waals surface area contributed by atoms with Crippen LogP contribution in [0.3, 0.4) is 0 Å². The predicted octanol–water partition coefficient (Wildman–Crippen LogP) is 5.88. The molecule has 0 aliphatic carbocycles. The van der Waals surface area contributed by atoms with Crippen LogP contribution in [-0.4, -0.2) is 5.11 Å². The van der Waals surface area contributed by atoms with Crippen LogP contribution in [0.1, 0.15) is 25.0 Å². The lowest BCUT2D eigenvalue weighted by Crippen LogP contribution is -1.94. The molecule has 0 heterocycles. The maximum Gasteiger partial charge on any atom is 0.147 e. The van der Waals surface area contributed by atoms with Gasteiger partial charge in [0.05, 0.1) is 21.2 Å². The minimum absolute atomic E-state index is 0.379. The number of hydrogen-bond acceptors (Lipinski definition) is 2. The Labute approximate surface area is 132 Å². The summed E-state index contributed by atoms with van der Waals surface area (Å²) >= 11 is 17.8. The third-order valence-corrected chi connectivity index (χ3v) is 3.87. The molecule has 0 saturated carbocycles. The van der Waals surface area contributed by atoms with Crippen molar-refractivity contribution in [1.29, 1.82) is 0 Å². The maximum absolute atomic E-state index is 9.73. The Morgan fingerprint density at radius 2 is 1.60 bits per heavy atom. The molecule has 0 aliphatic rings. The predicted molar refractivity (Wildman–Crippen MR) is 83.2 cm³/mol. The normalized spacial score (nSPS) is 12.2. The Balaban J connectivity index is 2.20. The summed E-state index contributed by atoms with van der Waals surface area (Å²) in [6, 6.07) is 10.3. The number of hydrogen-bond donors (Lipinski definition) is 1. The van der Waals surface area contributed by atoms with Gasteiger partial charge in [0.25, 0.3) is 0 Å². The molecule has 0 aliphatic heterocycles. The molecular weight excluding hydrogens is 319 g/mol. The summed E-state index contributed by atoms with van der Waals surface area (Å²) in [5, 5.41) is 10.9. The van der Waals surface area contributed by atoms with Gasteiger partial charge in [-0.25, -0.2) is 0 Å². The SMILES string of the molecule is CC[C@@H](O)c1ccc(Oc2cc(Cl)c(Cl)cc2Cl)cc1. The first-order valence-corrected chi connectivity index (χ1v) is 7.25. The van der Waals surface area contributed by atoms with Gasteiger partial charge >= 0.3 is 0 Å². The van der Waals surface area contributed by atoms with E-state index in [0.717, 1.165) is 5.56 Å². The molecule has 0 amide bonds. The zero-order chi connectivity index (χ0) is 14.7. The molecular formula is C15H13Cl3O2. The van der Waals surface area contributed by atoms with Crippen LogP contribution in [0.5, 0.6) is 11.5 Å². The molecule has 20 heavy (non-hydrogen) atoms. The zero-order valence-corrected chi connectivity index (χ0v) is 13.0. The summed E-state index contributed by atoms with van der Waals surface area (Å²) in [6.07, 6.45) is 0.205. The molecule has 0 aromatic heterocycles. The molecule has 2 nitrogen and oxygen atoms in total. The van der Waals surface area contributed by atoms with Gasteiger partial charge in [0.2, 0.25) is 0 Å². The summed E-state index contributed by atoms with van der Waals surface area (Å²) in [5.74, 6) is 1.04. The van der Waals surface area contributed by atoms with Gasteiger partial charge in [-0.3, -0.25) is 0 Å². The van der Waals surface area contributed by atoms with Crippen molar-refractivity contribution in [2.24, 2.45) is 0 Å². The molecule has 0 unspecified atom stereocenters. The van der Waals surface area contributed by atoms with Gasteiger partial charge in [-0.1, -0.05) is 53.9 Å². The smallest absolute Gasteiger partial charge is 0.147 e. The number of halogens is 3. The van der Waals surface area contributed by atoms with E-state index in [2.05, 4.69) is 0 Å². The van der Waals surface area contributed by atoms with Gasteiger partial charge in [0, 0.05) is 6.07 Å². The fourth-order valence-electron chi connectivity index (χ4n) is 1.70. The van der Waals surface area contributed by atoms with E-state index < -0.39 is 6.10 Å². The van der Waals surface area contributed by atoms with Crippen LogP contribution in [-0.2, 0) is 0 Å². The van der Waals surface area contributed by atoms with E-state index in [1.54, 1.807) is 18.2 Å². The summed E-state index contributed by atoms with van der Waals surface area (Å²) in [7, 11) is 0. The second-order valence-corrected chi connectivity index (χ2v) is 5.51. The van der Waals surface area contributed by atoms with Crippen LogP contribution in [0.4, 0.5) is 0 Å². The fourth-order valence-corrected chi connectivity index (χ4v) is 2.28. The Morgan fingerprint density at radius 3 is 2.20 bits per heavy atom. The van der Waals surface area contributed by atoms with Crippen LogP contribution in [0.15, 0.2) is 36.4 Å². The molecule has 0 bridgehead atoms. The van der Waals surface area contributed by atoms with Crippen LogP contribution >= 0.6 is 34.8 Å². The number of benzene rings is 2. The second-order valence-electron chi connectivity index (χ2n) is 4.29. The number of aliphatic hydroxyl groups excluding tert-OH is 1. The van der Waals surface area contributed by atoms with Crippen LogP contribution in [0.2, 0.25) is 15.1 Å². The third kappa shape index (κ3) is 3.58. The molecule has 2 aromatic rings. The summed E-state index contributed by atoms with van der Waals surface area (Å²) in [4.78, 5) is 0. The minimum Gasteiger partial charge on any atom is -0.456 e. The quantitative estimate of drug-likeness (QED) is 0.709.